The minimum Gasteiger partial charge on any atom is -0.335 e. The number of carbonyl (C=O) groups is 1. The molecule has 0 unspecified atom stereocenters. The molecule has 24 heavy (non-hydrogen) atoms. The van der Waals surface area contributed by atoms with Gasteiger partial charge in [-0.15, -0.1) is 0 Å². The van der Waals surface area contributed by atoms with E-state index in [1.54, 1.807) is 6.20 Å². The molecule has 3 rings (SSSR count). The summed E-state index contributed by atoms with van der Waals surface area (Å²) in [6, 6.07) is 8.91. The number of hydrogen-bond acceptors (Lipinski definition) is 2. The van der Waals surface area contributed by atoms with E-state index in [4.69, 9.17) is 0 Å². The number of H-pyrrole nitrogens is 1. The van der Waals surface area contributed by atoms with Crippen LogP contribution in [0.25, 0.3) is 0 Å². The topological polar surface area (TPSA) is 49.0 Å². The number of nitrogens with zero attached hydrogens (tertiary/aromatic N) is 2. The molecule has 0 bridgehead atoms. The van der Waals surface area contributed by atoms with Gasteiger partial charge in [0.2, 0.25) is 5.91 Å². The third-order valence-electron chi connectivity index (χ3n) is 4.95. The van der Waals surface area contributed by atoms with Crippen molar-refractivity contribution in [2.45, 2.75) is 64.5 Å². The van der Waals surface area contributed by atoms with E-state index in [1.165, 1.54) is 30.4 Å². The molecule has 128 valence electrons. The van der Waals surface area contributed by atoms with Crippen LogP contribution in [-0.2, 0) is 17.8 Å². The Morgan fingerprint density at radius 2 is 2.08 bits per heavy atom. The summed E-state index contributed by atoms with van der Waals surface area (Å²) in [5, 5.41) is 6.78. The van der Waals surface area contributed by atoms with Crippen molar-refractivity contribution in [3.63, 3.8) is 0 Å². The molecule has 0 atom stereocenters. The Labute approximate surface area is 144 Å². The molecule has 2 aromatic rings. The maximum absolute atomic E-state index is 12.9. The lowest BCUT2D eigenvalue weighted by atomic mass is 9.93. The van der Waals surface area contributed by atoms with E-state index in [1.807, 2.05) is 6.20 Å². The first kappa shape index (κ1) is 16.7. The fraction of sp³-hybridized carbons (Fsp3) is 0.500. The largest absolute Gasteiger partial charge is 0.335 e. The van der Waals surface area contributed by atoms with Gasteiger partial charge < -0.3 is 4.90 Å². The summed E-state index contributed by atoms with van der Waals surface area (Å²) in [5.41, 5.74) is 3.58. The average molecular weight is 325 g/mol. The number of aryl methyl sites for hydroxylation is 2. The van der Waals surface area contributed by atoms with E-state index in [0.29, 0.717) is 12.5 Å². The summed E-state index contributed by atoms with van der Waals surface area (Å²) in [6.07, 6.45) is 11.1. The molecule has 4 nitrogen and oxygen atoms in total. The van der Waals surface area contributed by atoms with Gasteiger partial charge in [0.15, 0.2) is 0 Å². The van der Waals surface area contributed by atoms with Gasteiger partial charge >= 0.3 is 0 Å². The maximum Gasteiger partial charge on any atom is 0.223 e. The Morgan fingerprint density at radius 1 is 1.25 bits per heavy atom. The summed E-state index contributed by atoms with van der Waals surface area (Å²) in [5.74, 6) is 0.268. The van der Waals surface area contributed by atoms with Crippen molar-refractivity contribution in [2.24, 2.45) is 0 Å². The molecular formula is C20H27N3O. The van der Waals surface area contributed by atoms with Crippen LogP contribution in [0, 0.1) is 6.92 Å². The van der Waals surface area contributed by atoms with Crippen LogP contribution >= 0.6 is 0 Å². The normalized spacial score (nSPS) is 15.4. The first-order valence-corrected chi connectivity index (χ1v) is 9.05. The molecule has 1 aromatic carbocycles. The van der Waals surface area contributed by atoms with Gasteiger partial charge in [-0.2, -0.15) is 5.10 Å². The minimum absolute atomic E-state index is 0.268. The minimum atomic E-state index is 0.268. The van der Waals surface area contributed by atoms with Crippen molar-refractivity contribution >= 4 is 5.91 Å². The van der Waals surface area contributed by atoms with Gasteiger partial charge in [0.05, 0.1) is 6.20 Å². The number of benzene rings is 1. The van der Waals surface area contributed by atoms with E-state index >= 15 is 0 Å². The van der Waals surface area contributed by atoms with Crippen LogP contribution in [0.1, 0.15) is 55.2 Å². The van der Waals surface area contributed by atoms with Crippen LogP contribution in [0.15, 0.2) is 36.7 Å². The third-order valence-corrected chi connectivity index (χ3v) is 4.95. The van der Waals surface area contributed by atoms with Gasteiger partial charge in [-0.3, -0.25) is 9.89 Å². The van der Waals surface area contributed by atoms with Crippen molar-refractivity contribution in [3.8, 4) is 0 Å². The quantitative estimate of drug-likeness (QED) is 0.872. The number of nitrogens with one attached hydrogen (secondary N) is 1. The Bertz CT molecular complexity index is 645. The number of carbonyl (C=O) groups excluding carboxylic acids is 1. The number of amides is 1. The Kier molecular flexibility index (Phi) is 5.68. The van der Waals surface area contributed by atoms with Crippen LogP contribution in [-0.4, -0.2) is 27.0 Å². The molecule has 0 saturated heterocycles. The zero-order valence-electron chi connectivity index (χ0n) is 14.5. The van der Waals surface area contributed by atoms with Crippen LogP contribution in [0.3, 0.4) is 0 Å². The monoisotopic (exact) mass is 325 g/mol. The van der Waals surface area contributed by atoms with Crippen molar-refractivity contribution in [1.82, 2.24) is 15.1 Å². The summed E-state index contributed by atoms with van der Waals surface area (Å²) < 4.78 is 0. The number of aromatic nitrogens is 2. The van der Waals surface area contributed by atoms with E-state index in [9.17, 15) is 4.79 Å². The summed E-state index contributed by atoms with van der Waals surface area (Å²) in [7, 11) is 0. The second-order valence-electron chi connectivity index (χ2n) is 6.91. The average Bonchev–Trinajstić information content (AvgIpc) is 3.12. The molecule has 1 aliphatic carbocycles. The highest BCUT2D eigenvalue weighted by Crippen LogP contribution is 2.25. The molecule has 0 radical (unpaired) electrons. The Hall–Kier alpha value is -2.10. The summed E-state index contributed by atoms with van der Waals surface area (Å²) in [4.78, 5) is 15.1. The maximum atomic E-state index is 12.9. The van der Waals surface area contributed by atoms with Crippen molar-refractivity contribution < 1.29 is 4.79 Å². The molecule has 1 N–H and O–H groups in total. The van der Waals surface area contributed by atoms with Crippen molar-refractivity contribution in [2.75, 3.05) is 0 Å². The van der Waals surface area contributed by atoms with E-state index in [0.717, 1.165) is 31.4 Å². The summed E-state index contributed by atoms with van der Waals surface area (Å²) in [6.45, 7) is 2.84. The summed E-state index contributed by atoms with van der Waals surface area (Å²) >= 11 is 0. The second kappa shape index (κ2) is 8.13. The zero-order valence-corrected chi connectivity index (χ0v) is 14.5. The van der Waals surface area contributed by atoms with Crippen LogP contribution in [0.2, 0.25) is 0 Å². The molecule has 0 spiro atoms. The lowest BCUT2D eigenvalue weighted by molar-refractivity contribution is -0.135. The lowest BCUT2D eigenvalue weighted by Crippen LogP contribution is -2.41. The molecule has 1 saturated carbocycles. The number of aromatic amines is 1. The number of hydrogen-bond donors (Lipinski definition) is 1. The molecular weight excluding hydrogens is 298 g/mol. The van der Waals surface area contributed by atoms with E-state index in [2.05, 4.69) is 46.3 Å². The highest BCUT2D eigenvalue weighted by molar-refractivity contribution is 5.76. The second-order valence-corrected chi connectivity index (χ2v) is 6.91. The first-order chi connectivity index (χ1) is 11.7. The lowest BCUT2D eigenvalue weighted by Gasteiger charge is -2.34. The fourth-order valence-electron chi connectivity index (χ4n) is 3.63. The molecule has 1 fully saturated rings. The van der Waals surface area contributed by atoms with Crippen LogP contribution < -0.4 is 0 Å². The highest BCUT2D eigenvalue weighted by Gasteiger charge is 2.25. The first-order valence-electron chi connectivity index (χ1n) is 9.05. The predicted molar refractivity (Wildman–Crippen MR) is 95.5 cm³/mol. The molecule has 4 heteroatoms. The number of rotatable bonds is 6. The Morgan fingerprint density at radius 3 is 2.79 bits per heavy atom. The zero-order chi connectivity index (χ0) is 16.8. The van der Waals surface area contributed by atoms with E-state index in [-0.39, 0.29) is 5.91 Å². The van der Waals surface area contributed by atoms with Gasteiger partial charge in [0.1, 0.15) is 0 Å². The van der Waals surface area contributed by atoms with E-state index < -0.39 is 0 Å². The Balaban J connectivity index is 1.69. The standard InChI is InChI=1S/C20H27N3O/c1-16-6-5-7-17(12-16)15-23(19-8-3-2-4-9-19)20(24)11-10-18-13-21-22-14-18/h5-7,12-14,19H,2-4,8-11,15H2,1H3,(H,21,22). The van der Waals surface area contributed by atoms with Crippen molar-refractivity contribution in [1.29, 1.82) is 0 Å². The van der Waals surface area contributed by atoms with Gasteiger partial charge in [-0.25, -0.2) is 0 Å². The van der Waals surface area contributed by atoms with Gasteiger partial charge in [0.25, 0.3) is 0 Å². The fourth-order valence-corrected chi connectivity index (χ4v) is 3.63. The van der Waals surface area contributed by atoms with Crippen LogP contribution in [0.4, 0.5) is 0 Å². The molecule has 1 aromatic heterocycles. The van der Waals surface area contributed by atoms with Crippen molar-refractivity contribution in [3.05, 3.63) is 53.3 Å². The molecule has 1 heterocycles. The van der Waals surface area contributed by atoms with Crippen LogP contribution in [0.5, 0.6) is 0 Å². The molecule has 0 aliphatic heterocycles. The van der Waals surface area contributed by atoms with Gasteiger partial charge in [0, 0.05) is 25.2 Å². The SMILES string of the molecule is Cc1cccc(CN(C(=O)CCc2cn[nH]c2)C2CCCCC2)c1. The smallest absolute Gasteiger partial charge is 0.223 e. The van der Waals surface area contributed by atoms with Gasteiger partial charge in [-0.1, -0.05) is 49.1 Å². The predicted octanol–water partition coefficient (Wildman–Crippen LogP) is 4.01. The molecule has 1 amide bonds. The highest BCUT2D eigenvalue weighted by atomic mass is 16.2. The third kappa shape index (κ3) is 4.47. The molecule has 1 aliphatic rings. The van der Waals surface area contributed by atoms with Gasteiger partial charge in [-0.05, 0) is 37.3 Å².